The van der Waals surface area contributed by atoms with Crippen molar-refractivity contribution in [3.8, 4) is 11.5 Å². The fraction of sp³-hybridized carbons (Fsp3) is 0.429. The lowest BCUT2D eigenvalue weighted by Crippen LogP contribution is -2.24. The van der Waals surface area contributed by atoms with Crippen molar-refractivity contribution in [2.24, 2.45) is 0 Å². The van der Waals surface area contributed by atoms with Crippen molar-refractivity contribution in [3.63, 3.8) is 0 Å². The van der Waals surface area contributed by atoms with E-state index in [-0.39, 0.29) is 6.61 Å². The number of aliphatic hydroxyl groups is 1. The van der Waals surface area contributed by atoms with Crippen molar-refractivity contribution >= 4 is 0 Å². The second kappa shape index (κ2) is 11.5. The Balaban J connectivity index is 1.91. The van der Waals surface area contributed by atoms with E-state index in [1.54, 1.807) is 7.11 Å². The zero-order valence-corrected chi connectivity index (χ0v) is 15.8. The number of aliphatic hydroxyl groups excluding tert-OH is 1. The van der Waals surface area contributed by atoms with Crippen molar-refractivity contribution in [3.05, 3.63) is 59.2 Å². The summed E-state index contributed by atoms with van der Waals surface area (Å²) in [5.41, 5.74) is 3.45. The number of benzene rings is 2. The molecule has 0 saturated heterocycles. The van der Waals surface area contributed by atoms with Gasteiger partial charge in [-0.05, 0) is 38.1 Å². The number of ether oxygens (including phenoxy) is 2. The van der Waals surface area contributed by atoms with Crippen molar-refractivity contribution in [2.45, 2.75) is 26.5 Å². The van der Waals surface area contributed by atoms with E-state index in [0.717, 1.165) is 48.7 Å². The predicted molar refractivity (Wildman–Crippen MR) is 105 cm³/mol. The van der Waals surface area contributed by atoms with Crippen LogP contribution >= 0.6 is 0 Å². The molecule has 0 aromatic heterocycles. The molecule has 0 saturated carbocycles. The van der Waals surface area contributed by atoms with E-state index in [4.69, 9.17) is 14.6 Å². The van der Waals surface area contributed by atoms with Crippen LogP contribution in [0.5, 0.6) is 11.5 Å². The number of aryl methyl sites for hydroxylation is 1. The SMILES string of the molecule is COc1cccc(CNCCCNCCO)c1OCc1cccc(C)c1. The molecule has 0 amide bonds. The summed E-state index contributed by atoms with van der Waals surface area (Å²) in [7, 11) is 1.67. The Labute approximate surface area is 156 Å². The summed E-state index contributed by atoms with van der Waals surface area (Å²) in [5, 5.41) is 15.4. The van der Waals surface area contributed by atoms with E-state index in [2.05, 4.69) is 41.8 Å². The quantitative estimate of drug-likeness (QED) is 0.509. The van der Waals surface area contributed by atoms with Crippen molar-refractivity contribution in [2.75, 3.05) is 33.4 Å². The van der Waals surface area contributed by atoms with Crippen LogP contribution in [0, 0.1) is 6.92 Å². The number of rotatable bonds is 12. The lowest BCUT2D eigenvalue weighted by Gasteiger charge is -2.16. The van der Waals surface area contributed by atoms with Gasteiger partial charge in [0, 0.05) is 18.7 Å². The standard InChI is InChI=1S/C21H30N2O3/c1-17-6-3-7-18(14-17)16-26-21-19(8-4-9-20(21)25-2)15-23-11-5-10-22-12-13-24/h3-4,6-9,14,22-24H,5,10-13,15-16H2,1-2H3. The maximum Gasteiger partial charge on any atom is 0.166 e. The van der Waals surface area contributed by atoms with Crippen LogP contribution in [0.1, 0.15) is 23.1 Å². The number of hydrogen-bond donors (Lipinski definition) is 3. The largest absolute Gasteiger partial charge is 0.493 e. The molecule has 26 heavy (non-hydrogen) atoms. The summed E-state index contributed by atoms with van der Waals surface area (Å²) in [6.07, 6.45) is 1.00. The van der Waals surface area contributed by atoms with Gasteiger partial charge in [0.05, 0.1) is 13.7 Å². The van der Waals surface area contributed by atoms with Gasteiger partial charge < -0.3 is 25.2 Å². The van der Waals surface area contributed by atoms with Gasteiger partial charge in [0.2, 0.25) is 0 Å². The lowest BCUT2D eigenvalue weighted by atomic mass is 10.1. The summed E-state index contributed by atoms with van der Waals surface area (Å²) in [4.78, 5) is 0. The number of nitrogens with one attached hydrogen (secondary N) is 2. The summed E-state index contributed by atoms with van der Waals surface area (Å²) in [5.74, 6) is 1.55. The van der Waals surface area contributed by atoms with Gasteiger partial charge >= 0.3 is 0 Å². The molecule has 3 N–H and O–H groups in total. The predicted octanol–water partition coefficient (Wildman–Crippen LogP) is 2.64. The molecule has 0 aliphatic heterocycles. The van der Waals surface area contributed by atoms with Gasteiger partial charge in [0.1, 0.15) is 6.61 Å². The molecule has 0 aliphatic rings. The van der Waals surface area contributed by atoms with Crippen LogP contribution in [0.4, 0.5) is 0 Å². The Morgan fingerprint density at radius 3 is 2.58 bits per heavy atom. The van der Waals surface area contributed by atoms with Crippen LogP contribution in [0.15, 0.2) is 42.5 Å². The molecule has 0 radical (unpaired) electrons. The number of para-hydroxylation sites is 1. The fourth-order valence-corrected chi connectivity index (χ4v) is 2.75. The molecule has 142 valence electrons. The van der Waals surface area contributed by atoms with Gasteiger partial charge in [-0.15, -0.1) is 0 Å². The van der Waals surface area contributed by atoms with Crippen molar-refractivity contribution in [1.82, 2.24) is 10.6 Å². The normalized spacial score (nSPS) is 10.7. The highest BCUT2D eigenvalue weighted by atomic mass is 16.5. The molecule has 5 nitrogen and oxygen atoms in total. The molecular weight excluding hydrogens is 328 g/mol. The van der Waals surface area contributed by atoms with Crippen LogP contribution in [-0.2, 0) is 13.2 Å². The second-order valence-corrected chi connectivity index (χ2v) is 6.23. The molecule has 0 spiro atoms. The Morgan fingerprint density at radius 1 is 1.00 bits per heavy atom. The number of methoxy groups -OCH3 is 1. The first-order valence-electron chi connectivity index (χ1n) is 9.11. The molecule has 0 atom stereocenters. The highest BCUT2D eigenvalue weighted by Gasteiger charge is 2.10. The first-order valence-corrected chi connectivity index (χ1v) is 9.11. The average molecular weight is 358 g/mol. The first-order chi connectivity index (χ1) is 12.7. The van der Waals surface area contributed by atoms with E-state index < -0.39 is 0 Å². The van der Waals surface area contributed by atoms with Gasteiger partial charge in [0.25, 0.3) is 0 Å². The van der Waals surface area contributed by atoms with E-state index in [9.17, 15) is 0 Å². The lowest BCUT2D eigenvalue weighted by molar-refractivity contribution is 0.280. The molecule has 0 unspecified atom stereocenters. The summed E-state index contributed by atoms with van der Waals surface area (Å²) < 4.78 is 11.6. The summed E-state index contributed by atoms with van der Waals surface area (Å²) in [6, 6.07) is 14.3. The Kier molecular flexibility index (Phi) is 8.96. The van der Waals surface area contributed by atoms with Crippen LogP contribution in [0.3, 0.4) is 0 Å². The highest BCUT2D eigenvalue weighted by molar-refractivity contribution is 5.46. The molecule has 0 aliphatic carbocycles. The van der Waals surface area contributed by atoms with Crippen LogP contribution in [-0.4, -0.2) is 38.5 Å². The topological polar surface area (TPSA) is 62.8 Å². The van der Waals surface area contributed by atoms with Crippen LogP contribution in [0.25, 0.3) is 0 Å². The van der Waals surface area contributed by atoms with Gasteiger partial charge in [-0.2, -0.15) is 0 Å². The van der Waals surface area contributed by atoms with Gasteiger partial charge in [-0.25, -0.2) is 0 Å². The van der Waals surface area contributed by atoms with E-state index >= 15 is 0 Å². The van der Waals surface area contributed by atoms with Gasteiger partial charge in [0.15, 0.2) is 11.5 Å². The van der Waals surface area contributed by atoms with Crippen LogP contribution < -0.4 is 20.1 Å². The maximum absolute atomic E-state index is 8.74. The monoisotopic (exact) mass is 358 g/mol. The molecule has 0 bridgehead atoms. The number of hydrogen-bond acceptors (Lipinski definition) is 5. The van der Waals surface area contributed by atoms with Crippen LogP contribution in [0.2, 0.25) is 0 Å². The third-order valence-corrected chi connectivity index (χ3v) is 4.06. The molecular formula is C21H30N2O3. The third kappa shape index (κ3) is 6.67. The summed E-state index contributed by atoms with van der Waals surface area (Å²) >= 11 is 0. The first kappa shape index (κ1) is 20.2. The van der Waals surface area contributed by atoms with Gasteiger partial charge in [-0.3, -0.25) is 0 Å². The zero-order valence-electron chi connectivity index (χ0n) is 15.8. The Bertz CT molecular complexity index is 661. The van der Waals surface area contributed by atoms with E-state index in [0.29, 0.717) is 13.2 Å². The molecule has 2 aromatic rings. The molecule has 0 heterocycles. The Morgan fingerprint density at radius 2 is 1.81 bits per heavy atom. The smallest absolute Gasteiger partial charge is 0.166 e. The molecule has 5 heteroatoms. The van der Waals surface area contributed by atoms with Crippen molar-refractivity contribution in [1.29, 1.82) is 0 Å². The molecule has 0 fully saturated rings. The highest BCUT2D eigenvalue weighted by Crippen LogP contribution is 2.31. The average Bonchev–Trinajstić information content (AvgIpc) is 2.66. The molecule has 2 aromatic carbocycles. The van der Waals surface area contributed by atoms with E-state index in [1.807, 2.05) is 18.2 Å². The van der Waals surface area contributed by atoms with Crippen molar-refractivity contribution < 1.29 is 14.6 Å². The fourth-order valence-electron chi connectivity index (χ4n) is 2.75. The molecule has 2 rings (SSSR count). The minimum absolute atomic E-state index is 0.179. The van der Waals surface area contributed by atoms with E-state index in [1.165, 1.54) is 5.56 Å². The second-order valence-electron chi connectivity index (χ2n) is 6.23. The Hall–Kier alpha value is -2.08. The third-order valence-electron chi connectivity index (χ3n) is 4.06. The zero-order chi connectivity index (χ0) is 18.6. The van der Waals surface area contributed by atoms with Gasteiger partial charge in [-0.1, -0.05) is 42.0 Å². The summed E-state index contributed by atoms with van der Waals surface area (Å²) in [6.45, 7) is 5.93. The maximum atomic E-state index is 8.74. The minimum atomic E-state index is 0.179. The minimum Gasteiger partial charge on any atom is -0.493 e.